The highest BCUT2D eigenvalue weighted by molar-refractivity contribution is 6.46. The first kappa shape index (κ1) is 20.3. The van der Waals surface area contributed by atoms with Gasteiger partial charge in [-0.2, -0.15) is 0 Å². The van der Waals surface area contributed by atoms with Crippen molar-refractivity contribution in [2.45, 2.75) is 19.5 Å². The topological polar surface area (TPSA) is 95.1 Å². The van der Waals surface area contributed by atoms with Crippen LogP contribution in [0.25, 0.3) is 5.76 Å². The molecule has 1 unspecified atom stereocenters. The number of hydrogen-bond acceptors (Lipinski definition) is 4. The molecule has 7 heteroatoms. The fraction of sp³-hybridized carbons (Fsp3) is 0.167. The number of benzene rings is 1. The fourth-order valence-electron chi connectivity index (χ4n) is 3.87. The number of aromatic nitrogens is 2. The number of aliphatic hydroxyl groups excluding tert-OH is 1. The quantitative estimate of drug-likeness (QED) is 0.391. The Bertz CT molecular complexity index is 1160. The summed E-state index contributed by atoms with van der Waals surface area (Å²) in [5.74, 6) is -0.912. The molecule has 1 fully saturated rings. The van der Waals surface area contributed by atoms with Crippen LogP contribution in [0.3, 0.4) is 0 Å². The van der Waals surface area contributed by atoms with Crippen LogP contribution in [0.4, 0.5) is 0 Å². The Kier molecular flexibility index (Phi) is 5.49. The molecule has 1 aromatic carbocycles. The predicted molar refractivity (Wildman–Crippen MR) is 112 cm³/mol. The van der Waals surface area contributed by atoms with Gasteiger partial charge in [0.15, 0.2) is 24.8 Å². The van der Waals surface area contributed by atoms with E-state index in [9.17, 15) is 14.7 Å². The monoisotopic (exact) mass is 417 g/mol. The van der Waals surface area contributed by atoms with Crippen molar-refractivity contribution in [3.05, 3.63) is 95.1 Å². The second-order valence-electron chi connectivity index (χ2n) is 7.36. The molecule has 2 aromatic heterocycles. The highest BCUT2D eigenvalue weighted by Gasteiger charge is 2.46. The predicted octanol–water partition coefficient (Wildman–Crippen LogP) is 2.25. The molecule has 156 valence electrons. The number of aryl methyl sites for hydroxylation is 1. The number of aliphatic hydroxyl groups is 1. The van der Waals surface area contributed by atoms with E-state index in [-0.39, 0.29) is 17.9 Å². The molecule has 0 bridgehead atoms. The van der Waals surface area contributed by atoms with E-state index in [1.807, 2.05) is 25.1 Å². The molecule has 1 atom stereocenters. The van der Waals surface area contributed by atoms with Crippen LogP contribution in [0.1, 0.15) is 28.3 Å². The van der Waals surface area contributed by atoms with E-state index >= 15 is 0 Å². The number of carbonyl (C=O) groups excluding carboxylic acids is 2. The second kappa shape index (κ2) is 8.39. The molecule has 3 heterocycles. The summed E-state index contributed by atoms with van der Waals surface area (Å²) in [7, 11) is 1.56. The van der Waals surface area contributed by atoms with Gasteiger partial charge in [0.25, 0.3) is 11.7 Å². The minimum atomic E-state index is -0.723. The number of carbonyl (C=O) groups is 2. The number of ether oxygens (including phenoxy) is 1. The van der Waals surface area contributed by atoms with E-state index in [2.05, 4.69) is 9.97 Å². The first-order chi connectivity index (χ1) is 15.0. The van der Waals surface area contributed by atoms with Gasteiger partial charge in [-0.15, -0.1) is 0 Å². The molecule has 0 spiro atoms. The fourth-order valence-corrected chi connectivity index (χ4v) is 3.87. The molecule has 1 amide bonds. The summed E-state index contributed by atoms with van der Waals surface area (Å²) in [5.41, 5.74) is 2.83. The molecule has 1 aliphatic heterocycles. The van der Waals surface area contributed by atoms with E-state index in [4.69, 9.17) is 4.74 Å². The van der Waals surface area contributed by atoms with E-state index in [0.717, 1.165) is 11.1 Å². The normalized spacial score (nSPS) is 17.7. The number of ketones is 1. The Balaban J connectivity index is 1.86. The van der Waals surface area contributed by atoms with Crippen molar-refractivity contribution in [1.29, 1.82) is 0 Å². The Labute approximate surface area is 179 Å². The van der Waals surface area contributed by atoms with Crippen LogP contribution in [0.15, 0.2) is 72.8 Å². The lowest BCUT2D eigenvalue weighted by Gasteiger charge is -2.24. The zero-order valence-corrected chi connectivity index (χ0v) is 17.3. The number of hydrogen-bond donors (Lipinski definition) is 1. The molecule has 7 nitrogen and oxygen atoms in total. The molecule has 3 aromatic rings. The summed E-state index contributed by atoms with van der Waals surface area (Å²) >= 11 is 0. The third kappa shape index (κ3) is 3.77. The summed E-state index contributed by atoms with van der Waals surface area (Å²) in [5, 5.41) is 11.2. The number of H-pyrrole nitrogens is 2. The average Bonchev–Trinajstić information content (AvgIpc) is 3.04. The Morgan fingerprint density at radius 2 is 1.84 bits per heavy atom. The van der Waals surface area contributed by atoms with Crippen molar-refractivity contribution in [2.24, 2.45) is 0 Å². The molecule has 1 saturated heterocycles. The molecule has 4 rings (SSSR count). The standard InChI is InChI=1S/C24H21N3O4/c1-15-11-18(31-2)7-8-19(15)22(28)20-21(17-6-4-10-26-13-17)27(24(30)23(20)29)14-16-5-3-9-25-12-16/h3-13,21,28H,14H2,1-2H3/p+2. The summed E-state index contributed by atoms with van der Waals surface area (Å²) < 4.78 is 5.23. The largest absolute Gasteiger partial charge is 0.507 e. The maximum Gasteiger partial charge on any atom is 0.295 e. The number of nitrogens with one attached hydrogen (secondary N) is 2. The number of methoxy groups -OCH3 is 1. The molecule has 0 saturated carbocycles. The van der Waals surface area contributed by atoms with Gasteiger partial charge < -0.3 is 14.7 Å². The summed E-state index contributed by atoms with van der Waals surface area (Å²) in [4.78, 5) is 33.6. The molecule has 0 radical (unpaired) electrons. The smallest absolute Gasteiger partial charge is 0.295 e. The van der Waals surface area contributed by atoms with E-state index in [1.165, 1.54) is 4.90 Å². The lowest BCUT2D eigenvalue weighted by Crippen LogP contribution is -2.30. The van der Waals surface area contributed by atoms with Gasteiger partial charge in [0.1, 0.15) is 11.5 Å². The molecular weight excluding hydrogens is 394 g/mol. The van der Waals surface area contributed by atoms with Crippen molar-refractivity contribution < 1.29 is 29.4 Å². The van der Waals surface area contributed by atoms with Crippen LogP contribution in [-0.2, 0) is 16.1 Å². The van der Waals surface area contributed by atoms with Crippen molar-refractivity contribution in [3.8, 4) is 5.75 Å². The number of pyridine rings is 2. The summed E-state index contributed by atoms with van der Waals surface area (Å²) in [6.07, 6.45) is 7.03. The zero-order chi connectivity index (χ0) is 22.0. The molecule has 1 aliphatic rings. The van der Waals surface area contributed by atoms with Gasteiger partial charge in [0.2, 0.25) is 0 Å². The third-order valence-corrected chi connectivity index (χ3v) is 5.40. The number of amides is 1. The second-order valence-corrected chi connectivity index (χ2v) is 7.36. The average molecular weight is 417 g/mol. The van der Waals surface area contributed by atoms with Crippen LogP contribution >= 0.6 is 0 Å². The number of Topliss-reactive ketones (excluding diaryl/α,β-unsaturated/α-hetero) is 1. The van der Waals surface area contributed by atoms with Crippen LogP contribution in [-0.4, -0.2) is 28.8 Å². The number of nitrogens with zero attached hydrogens (tertiary/aromatic N) is 1. The Hall–Kier alpha value is -4.00. The molecule has 31 heavy (non-hydrogen) atoms. The van der Waals surface area contributed by atoms with Gasteiger partial charge in [0.05, 0.1) is 25.3 Å². The SMILES string of the molecule is COc1ccc(C(O)=C2C(=O)C(=O)N(Cc3ccc[nH+]c3)C2c2ccc[nH+]c2)c(C)c1. The first-order valence-corrected chi connectivity index (χ1v) is 9.85. The van der Waals surface area contributed by atoms with Gasteiger partial charge in [-0.05, 0) is 42.8 Å². The van der Waals surface area contributed by atoms with E-state index in [1.54, 1.807) is 56.2 Å². The Morgan fingerprint density at radius 1 is 1.10 bits per heavy atom. The van der Waals surface area contributed by atoms with Crippen LogP contribution in [0.2, 0.25) is 0 Å². The van der Waals surface area contributed by atoms with Gasteiger partial charge in [-0.25, -0.2) is 9.97 Å². The van der Waals surface area contributed by atoms with Crippen molar-refractivity contribution in [3.63, 3.8) is 0 Å². The maximum absolute atomic E-state index is 13.1. The van der Waals surface area contributed by atoms with Gasteiger partial charge in [-0.1, -0.05) is 0 Å². The van der Waals surface area contributed by atoms with Gasteiger partial charge in [0, 0.05) is 28.8 Å². The van der Waals surface area contributed by atoms with Crippen LogP contribution < -0.4 is 14.7 Å². The van der Waals surface area contributed by atoms with Gasteiger partial charge >= 0.3 is 0 Å². The Morgan fingerprint density at radius 3 is 2.45 bits per heavy atom. The summed E-state index contributed by atoms with van der Waals surface area (Å²) in [6.45, 7) is 2.04. The lowest BCUT2D eigenvalue weighted by molar-refractivity contribution is -0.379. The number of rotatable bonds is 5. The highest BCUT2D eigenvalue weighted by Crippen LogP contribution is 2.40. The minimum absolute atomic E-state index is 0.0674. The van der Waals surface area contributed by atoms with E-state index in [0.29, 0.717) is 16.9 Å². The molecular formula is C24H23N3O4+2. The third-order valence-electron chi connectivity index (χ3n) is 5.40. The van der Waals surface area contributed by atoms with Crippen LogP contribution in [0, 0.1) is 6.92 Å². The van der Waals surface area contributed by atoms with Crippen LogP contribution in [0.5, 0.6) is 5.75 Å². The van der Waals surface area contributed by atoms with Crippen molar-refractivity contribution in [1.82, 2.24) is 4.90 Å². The van der Waals surface area contributed by atoms with Crippen molar-refractivity contribution >= 4 is 17.4 Å². The number of likely N-dealkylation sites (tertiary alicyclic amines) is 1. The molecule has 0 aliphatic carbocycles. The van der Waals surface area contributed by atoms with Crippen molar-refractivity contribution in [2.75, 3.05) is 7.11 Å². The number of aromatic amines is 2. The maximum atomic E-state index is 13.1. The summed E-state index contributed by atoms with van der Waals surface area (Å²) in [6, 6.07) is 11.8. The first-order valence-electron chi connectivity index (χ1n) is 9.85. The van der Waals surface area contributed by atoms with Gasteiger partial charge in [-0.3, -0.25) is 9.59 Å². The van der Waals surface area contributed by atoms with E-state index < -0.39 is 17.7 Å². The lowest BCUT2D eigenvalue weighted by atomic mass is 9.94. The minimum Gasteiger partial charge on any atom is -0.507 e. The zero-order valence-electron chi connectivity index (χ0n) is 17.3. The highest BCUT2D eigenvalue weighted by atomic mass is 16.5. The molecule has 3 N–H and O–H groups in total.